The van der Waals surface area contributed by atoms with Gasteiger partial charge in [0, 0.05) is 22.3 Å². The molecule has 2 N–H and O–H groups in total. The Morgan fingerprint density at radius 3 is 1.76 bits per heavy atom. The van der Waals surface area contributed by atoms with Crippen molar-refractivity contribution in [2.24, 2.45) is 0 Å². The molecule has 38 heavy (non-hydrogen) atoms. The summed E-state index contributed by atoms with van der Waals surface area (Å²) in [4.78, 5) is -0.0368. The average molecular weight is 604 g/mol. The molecule has 0 atom stereocenters. The van der Waals surface area contributed by atoms with E-state index < -0.39 is 17.3 Å². The van der Waals surface area contributed by atoms with Crippen LogP contribution < -0.4 is 9.81 Å². The third-order valence-electron chi connectivity index (χ3n) is 5.23. The molecule has 0 heterocycles. The van der Waals surface area contributed by atoms with Gasteiger partial charge in [0.1, 0.15) is 0 Å². The van der Waals surface area contributed by atoms with Crippen molar-refractivity contribution >= 4 is 73.6 Å². The molecule has 0 fully saturated rings. The van der Waals surface area contributed by atoms with Crippen LogP contribution in [-0.2, 0) is 14.6 Å². The van der Waals surface area contributed by atoms with E-state index in [1.165, 1.54) is 29.8 Å². The summed E-state index contributed by atoms with van der Waals surface area (Å²) >= 11 is 19.1. The maximum absolute atomic E-state index is 14.2. The molecule has 0 aliphatic carbocycles. The Hall–Kier alpha value is -2.99. The first-order valence-electron chi connectivity index (χ1n) is 11.3. The Balaban J connectivity index is 1.71. The first kappa shape index (κ1) is 28.0. The molecular weight excluding hydrogens is 582 g/mol. The largest absolute Gasteiger partial charge is 0.330 e. The zero-order valence-corrected chi connectivity index (χ0v) is 23.7. The molecule has 4 aromatic rings. The van der Waals surface area contributed by atoms with Crippen LogP contribution >= 0.6 is 42.1 Å². The standard InChI is InChI=1S/C28H22Cl3N2O3PS/c29-23-13-7-15-25(17-23)33-38(35,36)26-16-8-14-24(18-26)32-37(34,19-27(30)21-9-3-1-4-10-21)20-28(31)22-11-5-2-6-12-22/h1-20,33H,(H,32,34). The average Bonchev–Trinajstić information content (AvgIpc) is 2.89. The van der Waals surface area contributed by atoms with E-state index in [4.69, 9.17) is 34.8 Å². The van der Waals surface area contributed by atoms with Crippen LogP contribution in [0.2, 0.25) is 5.02 Å². The second-order valence-corrected chi connectivity index (χ2v) is 13.2. The molecule has 0 saturated carbocycles. The molecular formula is C28H22Cl3N2O3PS. The molecule has 4 aromatic carbocycles. The number of hydrogen-bond donors (Lipinski definition) is 2. The van der Waals surface area contributed by atoms with Crippen LogP contribution in [0.1, 0.15) is 11.1 Å². The Morgan fingerprint density at radius 2 is 1.21 bits per heavy atom. The Kier molecular flexibility index (Phi) is 9.03. The van der Waals surface area contributed by atoms with Gasteiger partial charge < -0.3 is 5.09 Å². The maximum atomic E-state index is 14.2. The van der Waals surface area contributed by atoms with Gasteiger partial charge in [0.15, 0.2) is 0 Å². The van der Waals surface area contributed by atoms with Crippen molar-refractivity contribution in [1.29, 1.82) is 0 Å². The summed E-state index contributed by atoms with van der Waals surface area (Å²) in [6.07, 6.45) is 0. The van der Waals surface area contributed by atoms with Crippen molar-refractivity contribution in [3.63, 3.8) is 0 Å². The van der Waals surface area contributed by atoms with Crippen molar-refractivity contribution in [3.05, 3.63) is 137 Å². The highest BCUT2D eigenvalue weighted by Crippen LogP contribution is 2.53. The van der Waals surface area contributed by atoms with E-state index in [9.17, 15) is 13.0 Å². The van der Waals surface area contributed by atoms with E-state index in [0.29, 0.717) is 27.5 Å². The number of sulfonamides is 1. The molecule has 194 valence electrons. The summed E-state index contributed by atoms with van der Waals surface area (Å²) in [6, 6.07) is 30.5. The second-order valence-electron chi connectivity index (χ2n) is 8.15. The first-order chi connectivity index (χ1) is 18.1. The fraction of sp³-hybridized carbons (Fsp3) is 0. The van der Waals surface area contributed by atoms with Gasteiger partial charge in [0.05, 0.1) is 20.6 Å². The summed E-state index contributed by atoms with van der Waals surface area (Å²) in [6.45, 7) is 0. The van der Waals surface area contributed by atoms with Crippen molar-refractivity contribution in [2.45, 2.75) is 4.90 Å². The highest BCUT2D eigenvalue weighted by atomic mass is 35.5. The van der Waals surface area contributed by atoms with E-state index in [1.54, 1.807) is 54.6 Å². The zero-order chi connectivity index (χ0) is 27.2. The van der Waals surface area contributed by atoms with Gasteiger partial charge in [0.25, 0.3) is 10.0 Å². The number of anilines is 2. The van der Waals surface area contributed by atoms with Gasteiger partial charge in [-0.2, -0.15) is 0 Å². The second kappa shape index (κ2) is 12.2. The SMILES string of the molecule is O=P(C=C(Cl)c1ccccc1)(C=C(Cl)c1ccccc1)Nc1cccc(S(=O)(=O)Nc2cccc(Cl)c2)c1. The highest BCUT2D eigenvalue weighted by Gasteiger charge is 2.21. The summed E-state index contributed by atoms with van der Waals surface area (Å²) in [5.41, 5.74) is 1.95. The van der Waals surface area contributed by atoms with Crippen LogP contribution in [0.3, 0.4) is 0 Å². The molecule has 4 rings (SSSR count). The molecule has 0 aliphatic heterocycles. The first-order valence-corrected chi connectivity index (χ1v) is 15.7. The molecule has 5 nitrogen and oxygen atoms in total. The highest BCUT2D eigenvalue weighted by molar-refractivity contribution is 7.92. The predicted molar refractivity (Wildman–Crippen MR) is 160 cm³/mol. The van der Waals surface area contributed by atoms with Crippen LogP contribution in [0.25, 0.3) is 10.1 Å². The van der Waals surface area contributed by atoms with Crippen LogP contribution in [0.5, 0.6) is 0 Å². The van der Waals surface area contributed by atoms with Gasteiger partial charge in [-0.15, -0.1) is 0 Å². The van der Waals surface area contributed by atoms with Crippen molar-refractivity contribution in [1.82, 2.24) is 0 Å². The summed E-state index contributed by atoms with van der Waals surface area (Å²) in [5, 5.41) is 3.86. The van der Waals surface area contributed by atoms with E-state index in [-0.39, 0.29) is 15.0 Å². The monoisotopic (exact) mass is 602 g/mol. The summed E-state index contributed by atoms with van der Waals surface area (Å²) < 4.78 is 42.8. The number of nitrogens with one attached hydrogen (secondary N) is 2. The van der Waals surface area contributed by atoms with Gasteiger partial charge in [-0.3, -0.25) is 9.29 Å². The minimum absolute atomic E-state index is 0.0368. The molecule has 0 aliphatic rings. The topological polar surface area (TPSA) is 75.3 Å². The van der Waals surface area contributed by atoms with E-state index in [1.807, 2.05) is 36.4 Å². The van der Waals surface area contributed by atoms with Crippen LogP contribution in [0.4, 0.5) is 11.4 Å². The van der Waals surface area contributed by atoms with Gasteiger partial charge in [-0.25, -0.2) is 8.42 Å². The summed E-state index contributed by atoms with van der Waals surface area (Å²) in [5.74, 6) is 2.81. The smallest absolute Gasteiger partial charge is 0.261 e. The van der Waals surface area contributed by atoms with Crippen molar-refractivity contribution in [2.75, 3.05) is 9.81 Å². The molecule has 0 unspecified atom stereocenters. The Labute approximate surface area is 237 Å². The summed E-state index contributed by atoms with van der Waals surface area (Å²) in [7, 11) is -7.56. The van der Waals surface area contributed by atoms with Crippen LogP contribution in [-0.4, -0.2) is 8.42 Å². The minimum Gasteiger partial charge on any atom is -0.330 e. The quantitative estimate of drug-likeness (QED) is 0.187. The van der Waals surface area contributed by atoms with Gasteiger partial charge >= 0.3 is 0 Å². The van der Waals surface area contributed by atoms with Crippen molar-refractivity contribution < 1.29 is 13.0 Å². The third-order valence-corrected chi connectivity index (χ3v) is 9.70. The molecule has 0 aromatic heterocycles. The molecule has 0 amide bonds. The van der Waals surface area contributed by atoms with Crippen LogP contribution in [0.15, 0.2) is 126 Å². The van der Waals surface area contributed by atoms with E-state index in [0.717, 1.165) is 0 Å². The van der Waals surface area contributed by atoms with Crippen molar-refractivity contribution in [3.8, 4) is 0 Å². The zero-order valence-electron chi connectivity index (χ0n) is 19.8. The Morgan fingerprint density at radius 1 is 0.684 bits per heavy atom. The van der Waals surface area contributed by atoms with Gasteiger partial charge in [-0.05, 0) is 47.5 Å². The third kappa shape index (κ3) is 7.53. The number of benzene rings is 4. The lowest BCUT2D eigenvalue weighted by Gasteiger charge is -2.17. The molecule has 0 bridgehead atoms. The van der Waals surface area contributed by atoms with E-state index in [2.05, 4.69) is 9.81 Å². The maximum Gasteiger partial charge on any atom is 0.261 e. The number of hydrogen-bond acceptors (Lipinski definition) is 3. The molecule has 0 spiro atoms. The number of halogens is 3. The molecule has 0 radical (unpaired) electrons. The minimum atomic E-state index is -3.96. The molecule has 10 heteroatoms. The lowest BCUT2D eigenvalue weighted by atomic mass is 10.2. The predicted octanol–water partition coefficient (Wildman–Crippen LogP) is 9.31. The number of rotatable bonds is 9. The Bertz CT molecular complexity index is 1580. The normalized spacial score (nSPS) is 14.0. The van der Waals surface area contributed by atoms with Gasteiger partial charge in [-0.1, -0.05) is 108 Å². The lowest BCUT2D eigenvalue weighted by Crippen LogP contribution is -2.13. The van der Waals surface area contributed by atoms with Gasteiger partial charge in [0.2, 0.25) is 7.29 Å². The van der Waals surface area contributed by atoms with E-state index >= 15 is 0 Å². The lowest BCUT2D eigenvalue weighted by molar-refractivity contribution is 0.589. The molecule has 0 saturated heterocycles. The fourth-order valence-corrected chi connectivity index (χ4v) is 7.61. The van der Waals surface area contributed by atoms with Crippen LogP contribution in [0, 0.1) is 0 Å². The fourth-order valence-electron chi connectivity index (χ4n) is 3.48.